The molecular weight excluding hydrogens is 598 g/mol. The van der Waals surface area contributed by atoms with Crippen molar-refractivity contribution in [3.63, 3.8) is 0 Å². The van der Waals surface area contributed by atoms with Gasteiger partial charge in [-0.2, -0.15) is 0 Å². The molecule has 0 heterocycles. The molecule has 0 saturated heterocycles. The topological polar surface area (TPSA) is 95.7 Å². The van der Waals surface area contributed by atoms with Crippen LogP contribution in [0.2, 0.25) is 0 Å². The molecule has 6 heteroatoms. The van der Waals surface area contributed by atoms with E-state index >= 15 is 0 Å². The first-order valence-corrected chi connectivity index (χ1v) is 19.1. The van der Waals surface area contributed by atoms with E-state index in [1.807, 2.05) is 30.3 Å². The van der Waals surface area contributed by atoms with Crippen LogP contribution in [0.15, 0.2) is 42.5 Å². The number of carbonyl (C=O) groups excluding carboxylic acids is 3. The van der Waals surface area contributed by atoms with Crippen molar-refractivity contribution in [1.82, 2.24) is 0 Å². The number of carbonyl (C=O) groups is 3. The van der Waals surface area contributed by atoms with Crippen LogP contribution in [0.3, 0.4) is 0 Å². The number of esters is 2. The summed E-state index contributed by atoms with van der Waals surface area (Å²) in [6.45, 7) is 6.18. The van der Waals surface area contributed by atoms with E-state index < -0.39 is 0 Å². The molecule has 0 radical (unpaired) electrons. The number of unbranched alkanes of at least 4 members (excludes halogenated alkanes) is 8. The minimum absolute atomic E-state index is 0.0193. The molecule has 262 valence electrons. The first-order chi connectivity index (χ1) is 23.2. The minimum atomic E-state index is -0.290. The predicted molar refractivity (Wildman–Crippen MR) is 191 cm³/mol. The number of benzene rings is 2. The highest BCUT2D eigenvalue weighted by Gasteiger charge is 2.58. The van der Waals surface area contributed by atoms with Gasteiger partial charge in [0.05, 0.1) is 5.56 Å². The molecular formula is C42H59NO5. The van der Waals surface area contributed by atoms with Crippen LogP contribution >= 0.6 is 0 Å². The third-order valence-corrected chi connectivity index (χ3v) is 12.1. The van der Waals surface area contributed by atoms with Crippen LogP contribution in [0.25, 0.3) is 0 Å². The largest absolute Gasteiger partial charge is 0.462 e. The summed E-state index contributed by atoms with van der Waals surface area (Å²) in [6, 6.07) is 14.0. The highest BCUT2D eigenvalue weighted by atomic mass is 16.5. The van der Waals surface area contributed by atoms with Gasteiger partial charge in [0.25, 0.3) is 0 Å². The standard InChI is InChI=1S/C42H59NO5/c1-4-5-17-31-27-35-33(28-37(31)48-41(46)30-18-14-12-15-19-30)26-32(20-13-10-8-6-7-9-11-16-21-39(43)45)40-34(35)24-25-42(3)36(40)22-23-38(42)47-29(2)44/h12,14-15,18-19,27-28,32,34,36,38,40H,4-11,13,16-17,20-26H2,1-3H3,(H2,43,45)/t32-,34?,36?,38-,40?,42-/m0/s1. The van der Waals surface area contributed by atoms with Gasteiger partial charge in [0, 0.05) is 18.8 Å². The zero-order valence-corrected chi connectivity index (χ0v) is 29.8. The maximum atomic E-state index is 13.2. The van der Waals surface area contributed by atoms with E-state index in [2.05, 4.69) is 26.0 Å². The van der Waals surface area contributed by atoms with E-state index in [-0.39, 0.29) is 29.4 Å². The molecule has 0 spiro atoms. The molecule has 2 fully saturated rings. The molecule has 3 aliphatic rings. The molecule has 2 aromatic carbocycles. The van der Waals surface area contributed by atoms with Gasteiger partial charge in [-0.05, 0) is 116 Å². The fourth-order valence-electron chi connectivity index (χ4n) is 9.64. The Hall–Kier alpha value is -3.15. The lowest BCUT2D eigenvalue weighted by molar-refractivity contribution is -0.155. The van der Waals surface area contributed by atoms with Gasteiger partial charge in [-0.1, -0.05) is 89.5 Å². The van der Waals surface area contributed by atoms with Crippen LogP contribution in [0.5, 0.6) is 5.75 Å². The first-order valence-electron chi connectivity index (χ1n) is 19.1. The Morgan fingerprint density at radius 1 is 0.896 bits per heavy atom. The van der Waals surface area contributed by atoms with Crippen LogP contribution in [0.1, 0.15) is 156 Å². The van der Waals surface area contributed by atoms with Crippen molar-refractivity contribution in [3.8, 4) is 5.75 Å². The molecule has 6 atom stereocenters. The number of rotatable bonds is 17. The lowest BCUT2D eigenvalue weighted by Gasteiger charge is -2.53. The summed E-state index contributed by atoms with van der Waals surface area (Å²) in [4.78, 5) is 36.3. The van der Waals surface area contributed by atoms with Crippen LogP contribution in [-0.4, -0.2) is 23.9 Å². The van der Waals surface area contributed by atoms with E-state index in [1.165, 1.54) is 56.1 Å². The second kappa shape index (κ2) is 17.0. The van der Waals surface area contributed by atoms with Crippen LogP contribution in [-0.2, 0) is 27.2 Å². The molecule has 3 aliphatic carbocycles. The van der Waals surface area contributed by atoms with Crippen molar-refractivity contribution in [1.29, 1.82) is 0 Å². The van der Waals surface area contributed by atoms with E-state index in [0.29, 0.717) is 35.7 Å². The summed E-state index contributed by atoms with van der Waals surface area (Å²) in [5.74, 6) is 2.29. The number of hydrogen-bond donors (Lipinski definition) is 1. The van der Waals surface area contributed by atoms with E-state index in [4.69, 9.17) is 15.2 Å². The zero-order valence-electron chi connectivity index (χ0n) is 29.8. The molecule has 2 saturated carbocycles. The Labute approximate surface area is 288 Å². The second-order valence-corrected chi connectivity index (χ2v) is 15.3. The first kappa shape index (κ1) is 36.1. The number of amides is 1. The fraction of sp³-hybridized carbons (Fsp3) is 0.643. The molecule has 48 heavy (non-hydrogen) atoms. The fourth-order valence-corrected chi connectivity index (χ4v) is 9.64. The Morgan fingerprint density at radius 2 is 1.60 bits per heavy atom. The number of ether oxygens (including phenoxy) is 2. The van der Waals surface area contributed by atoms with E-state index in [1.54, 1.807) is 6.92 Å². The molecule has 6 nitrogen and oxygen atoms in total. The van der Waals surface area contributed by atoms with Crippen LogP contribution in [0, 0.1) is 23.2 Å². The van der Waals surface area contributed by atoms with Gasteiger partial charge in [0.2, 0.25) is 5.91 Å². The summed E-state index contributed by atoms with van der Waals surface area (Å²) in [5, 5.41) is 0. The van der Waals surface area contributed by atoms with E-state index in [0.717, 1.165) is 75.5 Å². The molecule has 3 unspecified atom stereocenters. The van der Waals surface area contributed by atoms with Crippen LogP contribution < -0.4 is 10.5 Å². The second-order valence-electron chi connectivity index (χ2n) is 15.3. The Kier molecular flexibility index (Phi) is 12.8. The molecule has 0 bridgehead atoms. The lowest BCUT2D eigenvalue weighted by atomic mass is 9.52. The van der Waals surface area contributed by atoms with Gasteiger partial charge in [-0.15, -0.1) is 0 Å². The number of aryl methyl sites for hydroxylation is 1. The Balaban J connectivity index is 1.34. The van der Waals surface area contributed by atoms with Crippen molar-refractivity contribution < 1.29 is 23.9 Å². The highest BCUT2D eigenvalue weighted by Crippen LogP contribution is 2.63. The quantitative estimate of drug-likeness (QED) is 0.104. The van der Waals surface area contributed by atoms with Crippen LogP contribution in [0.4, 0.5) is 0 Å². The number of primary amides is 1. The van der Waals surface area contributed by atoms with Crippen molar-refractivity contribution in [2.24, 2.45) is 28.9 Å². The summed E-state index contributed by atoms with van der Waals surface area (Å²) in [7, 11) is 0. The van der Waals surface area contributed by atoms with Gasteiger partial charge >= 0.3 is 11.9 Å². The van der Waals surface area contributed by atoms with Crippen molar-refractivity contribution in [2.45, 2.75) is 148 Å². The molecule has 0 aromatic heterocycles. The van der Waals surface area contributed by atoms with E-state index in [9.17, 15) is 14.4 Å². The minimum Gasteiger partial charge on any atom is -0.462 e. The molecule has 0 aliphatic heterocycles. The van der Waals surface area contributed by atoms with Gasteiger partial charge < -0.3 is 15.2 Å². The van der Waals surface area contributed by atoms with Gasteiger partial charge in [0.15, 0.2) is 0 Å². The summed E-state index contributed by atoms with van der Waals surface area (Å²) in [5.41, 5.74) is 9.89. The number of nitrogens with two attached hydrogens (primary N) is 1. The van der Waals surface area contributed by atoms with Gasteiger partial charge in [0.1, 0.15) is 11.9 Å². The third kappa shape index (κ3) is 8.71. The molecule has 5 rings (SSSR count). The average molecular weight is 658 g/mol. The summed E-state index contributed by atoms with van der Waals surface area (Å²) < 4.78 is 12.1. The monoisotopic (exact) mass is 657 g/mol. The Bertz CT molecular complexity index is 1390. The molecule has 2 N–H and O–H groups in total. The van der Waals surface area contributed by atoms with Crippen molar-refractivity contribution in [3.05, 3.63) is 64.7 Å². The number of fused-ring (bicyclic) bond motifs is 5. The lowest BCUT2D eigenvalue weighted by Crippen LogP contribution is -2.48. The third-order valence-electron chi connectivity index (χ3n) is 12.1. The van der Waals surface area contributed by atoms with Crippen molar-refractivity contribution >= 4 is 17.8 Å². The van der Waals surface area contributed by atoms with Crippen molar-refractivity contribution in [2.75, 3.05) is 0 Å². The molecule has 2 aromatic rings. The summed E-state index contributed by atoms with van der Waals surface area (Å²) >= 11 is 0. The maximum Gasteiger partial charge on any atom is 0.343 e. The molecule has 1 amide bonds. The normalized spacial score (nSPS) is 25.9. The maximum absolute atomic E-state index is 13.2. The van der Waals surface area contributed by atoms with Gasteiger partial charge in [-0.3, -0.25) is 9.59 Å². The highest BCUT2D eigenvalue weighted by molar-refractivity contribution is 5.91. The number of hydrogen-bond acceptors (Lipinski definition) is 5. The zero-order chi connectivity index (χ0) is 34.1. The predicted octanol–water partition coefficient (Wildman–Crippen LogP) is 9.65. The smallest absolute Gasteiger partial charge is 0.343 e. The average Bonchev–Trinajstić information content (AvgIpc) is 3.39. The Morgan fingerprint density at radius 3 is 2.29 bits per heavy atom. The van der Waals surface area contributed by atoms with Gasteiger partial charge in [-0.25, -0.2) is 4.79 Å². The SMILES string of the molecule is CCCCc1cc2c(cc1OC(=O)c1ccccc1)C[C@H](CCCCCCCCCCC(N)=O)C1C2CC[C@@]2(C)C1CC[C@@H]2OC(C)=O. The summed E-state index contributed by atoms with van der Waals surface area (Å²) in [6.07, 6.45) is 19.5.